The second-order valence-corrected chi connectivity index (χ2v) is 8.52. The first-order valence-electron chi connectivity index (χ1n) is 6.65. The Morgan fingerprint density at radius 3 is 2.94 bits per heavy atom. The van der Waals surface area contributed by atoms with Crippen LogP contribution in [0.4, 0.5) is 0 Å². The maximum absolute atomic E-state index is 3.76. The number of halogens is 2. The lowest BCUT2D eigenvalue weighted by Crippen LogP contribution is -2.44. The Morgan fingerprint density at radius 2 is 2.17 bits per heavy atom. The van der Waals surface area contributed by atoms with Crippen LogP contribution in [0.3, 0.4) is 0 Å². The predicted octanol–water partition coefficient (Wildman–Crippen LogP) is 3.99. The van der Waals surface area contributed by atoms with Crippen molar-refractivity contribution in [1.82, 2.24) is 10.2 Å². The molecule has 2 unspecified atom stereocenters. The Morgan fingerprint density at radius 1 is 1.28 bits per heavy atom. The molecule has 1 aromatic rings. The highest BCUT2D eigenvalue weighted by molar-refractivity contribution is 9.13. The zero-order chi connectivity index (χ0) is 12.5. The summed E-state index contributed by atoms with van der Waals surface area (Å²) >= 11 is 8.93. The molecule has 2 atom stereocenters. The molecule has 18 heavy (non-hydrogen) atoms. The quantitative estimate of drug-likeness (QED) is 0.835. The van der Waals surface area contributed by atoms with E-state index >= 15 is 0 Å². The van der Waals surface area contributed by atoms with Gasteiger partial charge in [0.1, 0.15) is 0 Å². The van der Waals surface area contributed by atoms with Crippen LogP contribution >= 0.6 is 43.2 Å². The average molecular weight is 394 g/mol. The maximum atomic E-state index is 3.76. The number of rotatable bonds is 3. The topological polar surface area (TPSA) is 15.3 Å². The maximum Gasteiger partial charge on any atom is 0.0843 e. The van der Waals surface area contributed by atoms with Crippen molar-refractivity contribution in [3.63, 3.8) is 0 Å². The van der Waals surface area contributed by atoms with Crippen molar-refractivity contribution in [2.45, 2.75) is 44.3 Å². The third kappa shape index (κ3) is 2.85. The molecule has 2 aliphatic rings. The number of hydrogen-bond acceptors (Lipinski definition) is 3. The fourth-order valence-electron chi connectivity index (χ4n) is 3.20. The smallest absolute Gasteiger partial charge is 0.0843 e. The van der Waals surface area contributed by atoms with Gasteiger partial charge in [0.05, 0.1) is 3.79 Å². The molecule has 0 amide bonds. The van der Waals surface area contributed by atoms with Crippen molar-refractivity contribution < 1.29 is 0 Å². The van der Waals surface area contributed by atoms with Crippen molar-refractivity contribution in [1.29, 1.82) is 0 Å². The Balaban J connectivity index is 1.57. The molecule has 0 saturated carbocycles. The van der Waals surface area contributed by atoms with E-state index < -0.39 is 0 Å². The van der Waals surface area contributed by atoms with Crippen molar-refractivity contribution in [3.05, 3.63) is 19.2 Å². The number of piperidine rings is 1. The lowest BCUT2D eigenvalue weighted by molar-refractivity contribution is 0.180. The van der Waals surface area contributed by atoms with Crippen LogP contribution in [-0.2, 0) is 6.54 Å². The van der Waals surface area contributed by atoms with E-state index in [1.807, 2.05) is 11.3 Å². The molecule has 2 nitrogen and oxygen atoms in total. The van der Waals surface area contributed by atoms with Gasteiger partial charge >= 0.3 is 0 Å². The van der Waals surface area contributed by atoms with Gasteiger partial charge in [-0.1, -0.05) is 6.42 Å². The third-order valence-corrected chi connectivity index (χ3v) is 7.35. The molecule has 0 aliphatic carbocycles. The molecule has 1 N–H and O–H groups in total. The second kappa shape index (κ2) is 5.92. The molecule has 3 rings (SSSR count). The van der Waals surface area contributed by atoms with E-state index in [4.69, 9.17) is 0 Å². The Labute approximate surface area is 129 Å². The minimum atomic E-state index is 0.699. The summed E-state index contributed by atoms with van der Waals surface area (Å²) in [5, 5.41) is 3.76. The minimum Gasteiger partial charge on any atom is -0.307 e. The van der Waals surface area contributed by atoms with Gasteiger partial charge in [-0.3, -0.25) is 4.90 Å². The van der Waals surface area contributed by atoms with Crippen LogP contribution in [0, 0.1) is 0 Å². The highest BCUT2D eigenvalue weighted by Gasteiger charge is 2.34. The number of fused-ring (bicyclic) bond motifs is 1. The molecule has 1 aromatic heterocycles. The second-order valence-electron chi connectivity index (χ2n) is 5.21. The Hall–Kier alpha value is 0.580. The number of nitrogens with zero attached hydrogens (tertiary/aromatic N) is 1. The molecular weight excluding hydrogens is 376 g/mol. The molecule has 2 aliphatic heterocycles. The van der Waals surface area contributed by atoms with Crippen LogP contribution < -0.4 is 5.32 Å². The predicted molar refractivity (Wildman–Crippen MR) is 84.2 cm³/mol. The molecule has 2 fully saturated rings. The van der Waals surface area contributed by atoms with Gasteiger partial charge < -0.3 is 5.32 Å². The average Bonchev–Trinajstić information content (AvgIpc) is 2.92. The number of hydrogen-bond donors (Lipinski definition) is 1. The van der Waals surface area contributed by atoms with Crippen molar-refractivity contribution in [3.8, 4) is 0 Å². The third-order valence-electron chi connectivity index (χ3n) is 4.09. The minimum absolute atomic E-state index is 0.699. The van der Waals surface area contributed by atoms with Crippen LogP contribution in [0.25, 0.3) is 0 Å². The van der Waals surface area contributed by atoms with E-state index in [9.17, 15) is 0 Å². The van der Waals surface area contributed by atoms with E-state index in [1.54, 1.807) is 0 Å². The molecule has 3 heterocycles. The first-order chi connectivity index (χ1) is 8.74. The molecular formula is C13H18Br2N2S. The Bertz CT molecular complexity index is 402. The van der Waals surface area contributed by atoms with Gasteiger partial charge in [0.15, 0.2) is 0 Å². The van der Waals surface area contributed by atoms with E-state index in [0.29, 0.717) is 6.04 Å². The van der Waals surface area contributed by atoms with Gasteiger partial charge in [-0.2, -0.15) is 0 Å². The SMILES string of the molecule is Brc1cc(CNC2CCN3CCCCC23)sc1Br. The molecule has 0 bridgehead atoms. The summed E-state index contributed by atoms with van der Waals surface area (Å²) in [4.78, 5) is 4.09. The first-order valence-corrected chi connectivity index (χ1v) is 9.05. The van der Waals surface area contributed by atoms with Gasteiger partial charge in [-0.05, 0) is 63.7 Å². The zero-order valence-corrected chi connectivity index (χ0v) is 14.3. The highest BCUT2D eigenvalue weighted by Crippen LogP contribution is 2.33. The van der Waals surface area contributed by atoms with Gasteiger partial charge in [-0.15, -0.1) is 11.3 Å². The van der Waals surface area contributed by atoms with Crippen LogP contribution in [0.1, 0.15) is 30.6 Å². The number of thiophene rings is 1. The fourth-order valence-corrected chi connectivity index (χ4v) is 5.32. The normalized spacial score (nSPS) is 28.6. The summed E-state index contributed by atoms with van der Waals surface area (Å²) < 4.78 is 2.38. The van der Waals surface area contributed by atoms with Crippen molar-refractivity contribution >= 4 is 43.2 Å². The summed E-state index contributed by atoms with van der Waals surface area (Å²) in [7, 11) is 0. The molecule has 100 valence electrons. The van der Waals surface area contributed by atoms with E-state index in [0.717, 1.165) is 12.6 Å². The summed E-state index contributed by atoms with van der Waals surface area (Å²) in [6, 6.07) is 3.71. The summed E-state index contributed by atoms with van der Waals surface area (Å²) in [5.74, 6) is 0. The first kappa shape index (κ1) is 13.6. The lowest BCUT2D eigenvalue weighted by atomic mass is 9.99. The van der Waals surface area contributed by atoms with Crippen molar-refractivity contribution in [2.75, 3.05) is 13.1 Å². The molecule has 0 aromatic carbocycles. The standard InChI is InChI=1S/C13H18Br2N2S/c14-10-7-9(18-13(10)15)8-16-11-4-6-17-5-2-1-3-12(11)17/h7,11-12,16H,1-6,8H2. The van der Waals surface area contributed by atoms with Gasteiger partial charge in [0, 0.05) is 34.5 Å². The number of nitrogens with one attached hydrogen (secondary N) is 1. The zero-order valence-electron chi connectivity index (χ0n) is 10.3. The van der Waals surface area contributed by atoms with Gasteiger partial charge in [0.25, 0.3) is 0 Å². The molecule has 0 radical (unpaired) electrons. The van der Waals surface area contributed by atoms with Crippen LogP contribution in [0.5, 0.6) is 0 Å². The van der Waals surface area contributed by atoms with Crippen molar-refractivity contribution in [2.24, 2.45) is 0 Å². The van der Waals surface area contributed by atoms with E-state index in [1.165, 1.54) is 51.9 Å². The van der Waals surface area contributed by atoms with Gasteiger partial charge in [-0.25, -0.2) is 0 Å². The Kier molecular flexibility index (Phi) is 4.46. The molecule has 5 heteroatoms. The highest BCUT2D eigenvalue weighted by atomic mass is 79.9. The summed E-state index contributed by atoms with van der Waals surface area (Å²) in [6.45, 7) is 3.61. The summed E-state index contributed by atoms with van der Waals surface area (Å²) in [5.41, 5.74) is 0. The van der Waals surface area contributed by atoms with Crippen LogP contribution in [-0.4, -0.2) is 30.1 Å². The largest absolute Gasteiger partial charge is 0.307 e. The van der Waals surface area contributed by atoms with Gasteiger partial charge in [0.2, 0.25) is 0 Å². The van der Waals surface area contributed by atoms with E-state index in [-0.39, 0.29) is 0 Å². The fraction of sp³-hybridized carbons (Fsp3) is 0.692. The molecule has 0 spiro atoms. The van der Waals surface area contributed by atoms with E-state index in [2.05, 4.69) is 48.1 Å². The molecule has 2 saturated heterocycles. The van der Waals surface area contributed by atoms with Crippen LogP contribution in [0.2, 0.25) is 0 Å². The summed E-state index contributed by atoms with van der Waals surface area (Å²) in [6.07, 6.45) is 5.51. The lowest BCUT2D eigenvalue weighted by Gasteiger charge is -2.32. The monoisotopic (exact) mass is 392 g/mol. The van der Waals surface area contributed by atoms with Crippen LogP contribution in [0.15, 0.2) is 14.3 Å².